The number of benzene rings is 2. The summed E-state index contributed by atoms with van der Waals surface area (Å²) in [7, 11) is 0. The first kappa shape index (κ1) is 12.9. The molecule has 102 valence electrons. The highest BCUT2D eigenvalue weighted by Gasteiger charge is 2.13. The van der Waals surface area contributed by atoms with Crippen LogP contribution in [0, 0.1) is 20.8 Å². The fraction of sp³-hybridized carbons (Fsp3) is 0.222. The summed E-state index contributed by atoms with van der Waals surface area (Å²) in [5.41, 5.74) is 7.00. The van der Waals surface area contributed by atoms with Gasteiger partial charge in [-0.15, -0.1) is 0 Å². The molecule has 0 aliphatic rings. The van der Waals surface area contributed by atoms with Crippen molar-refractivity contribution in [3.8, 4) is 5.69 Å². The van der Waals surface area contributed by atoms with Crippen molar-refractivity contribution in [1.29, 1.82) is 0 Å². The standard InChI is InChI=1S/C18H19NO/c1-12-8-13(2)18(14(3)9-12)19-16(11-20)10-15-6-4-5-7-17(15)19/h4-10,20H,11H2,1-3H3. The molecule has 0 atom stereocenters. The third-order valence-electron chi connectivity index (χ3n) is 3.81. The molecule has 2 aromatic carbocycles. The number of aliphatic hydroxyl groups excluding tert-OH is 1. The molecule has 0 aliphatic heterocycles. The van der Waals surface area contributed by atoms with Crippen molar-refractivity contribution in [1.82, 2.24) is 4.57 Å². The molecule has 0 fully saturated rings. The lowest BCUT2D eigenvalue weighted by Crippen LogP contribution is -2.04. The van der Waals surface area contributed by atoms with Gasteiger partial charge >= 0.3 is 0 Å². The summed E-state index contributed by atoms with van der Waals surface area (Å²) >= 11 is 0. The van der Waals surface area contributed by atoms with E-state index in [1.807, 2.05) is 12.1 Å². The Kier molecular flexibility index (Phi) is 3.11. The first-order valence-corrected chi connectivity index (χ1v) is 6.90. The molecule has 3 rings (SSSR count). The second-order valence-corrected chi connectivity index (χ2v) is 5.44. The number of aliphatic hydroxyl groups is 1. The molecule has 1 heterocycles. The maximum Gasteiger partial charge on any atom is 0.0836 e. The SMILES string of the molecule is Cc1cc(C)c(-n2c(CO)cc3ccccc32)c(C)c1. The van der Waals surface area contributed by atoms with Gasteiger partial charge in [0.25, 0.3) is 0 Å². The van der Waals surface area contributed by atoms with Gasteiger partial charge in [0.2, 0.25) is 0 Å². The van der Waals surface area contributed by atoms with Crippen LogP contribution in [0.1, 0.15) is 22.4 Å². The normalized spacial score (nSPS) is 11.2. The number of para-hydroxylation sites is 1. The molecular weight excluding hydrogens is 246 g/mol. The second kappa shape index (κ2) is 4.80. The van der Waals surface area contributed by atoms with E-state index < -0.39 is 0 Å². The third-order valence-corrected chi connectivity index (χ3v) is 3.81. The van der Waals surface area contributed by atoms with Crippen LogP contribution >= 0.6 is 0 Å². The molecule has 1 N–H and O–H groups in total. The maximum absolute atomic E-state index is 9.70. The number of nitrogens with zero attached hydrogens (tertiary/aromatic N) is 1. The highest BCUT2D eigenvalue weighted by atomic mass is 16.3. The predicted octanol–water partition coefficient (Wildman–Crippen LogP) is 4.05. The van der Waals surface area contributed by atoms with Crippen LogP contribution in [0.25, 0.3) is 16.6 Å². The Morgan fingerprint density at radius 1 is 0.950 bits per heavy atom. The summed E-state index contributed by atoms with van der Waals surface area (Å²) < 4.78 is 2.18. The van der Waals surface area contributed by atoms with Gasteiger partial charge in [-0.2, -0.15) is 0 Å². The molecule has 0 saturated carbocycles. The van der Waals surface area contributed by atoms with Crippen LogP contribution in [0.15, 0.2) is 42.5 Å². The Hall–Kier alpha value is -2.06. The molecule has 3 aromatic rings. The van der Waals surface area contributed by atoms with Crippen molar-refractivity contribution >= 4 is 10.9 Å². The van der Waals surface area contributed by atoms with Crippen molar-refractivity contribution in [3.05, 3.63) is 64.8 Å². The van der Waals surface area contributed by atoms with Gasteiger partial charge in [-0.3, -0.25) is 0 Å². The summed E-state index contributed by atoms with van der Waals surface area (Å²) in [6, 6.07) is 14.7. The predicted molar refractivity (Wildman–Crippen MR) is 83.4 cm³/mol. The van der Waals surface area contributed by atoms with Gasteiger partial charge in [0.1, 0.15) is 0 Å². The average Bonchev–Trinajstić information content (AvgIpc) is 2.76. The number of aryl methyl sites for hydroxylation is 3. The number of hydrogen-bond acceptors (Lipinski definition) is 1. The van der Waals surface area contributed by atoms with E-state index in [4.69, 9.17) is 0 Å². The molecule has 0 radical (unpaired) electrons. The lowest BCUT2D eigenvalue weighted by Gasteiger charge is -2.16. The van der Waals surface area contributed by atoms with Crippen LogP contribution in [0.2, 0.25) is 0 Å². The van der Waals surface area contributed by atoms with Gasteiger partial charge < -0.3 is 9.67 Å². The summed E-state index contributed by atoms with van der Waals surface area (Å²) in [5, 5.41) is 10.9. The topological polar surface area (TPSA) is 25.2 Å². The lowest BCUT2D eigenvalue weighted by molar-refractivity contribution is 0.275. The molecule has 2 heteroatoms. The molecule has 0 bridgehead atoms. The van der Waals surface area contributed by atoms with E-state index >= 15 is 0 Å². The molecule has 0 unspecified atom stereocenters. The van der Waals surface area contributed by atoms with E-state index in [1.54, 1.807) is 0 Å². The number of rotatable bonds is 2. The largest absolute Gasteiger partial charge is 0.390 e. The van der Waals surface area contributed by atoms with E-state index in [1.165, 1.54) is 22.4 Å². The summed E-state index contributed by atoms with van der Waals surface area (Å²) in [4.78, 5) is 0. The number of aromatic nitrogens is 1. The molecule has 0 spiro atoms. The zero-order valence-corrected chi connectivity index (χ0v) is 12.1. The van der Waals surface area contributed by atoms with E-state index in [0.717, 1.165) is 16.6 Å². The fourth-order valence-electron chi connectivity index (χ4n) is 3.12. The fourth-order valence-corrected chi connectivity index (χ4v) is 3.12. The van der Waals surface area contributed by atoms with E-state index in [-0.39, 0.29) is 6.61 Å². The molecular formula is C18H19NO. The average molecular weight is 265 g/mol. The lowest BCUT2D eigenvalue weighted by atomic mass is 10.0. The van der Waals surface area contributed by atoms with Crippen molar-refractivity contribution in [3.63, 3.8) is 0 Å². The molecule has 0 aliphatic carbocycles. The Morgan fingerprint density at radius 2 is 1.60 bits per heavy atom. The van der Waals surface area contributed by atoms with Gasteiger partial charge in [0, 0.05) is 11.1 Å². The number of fused-ring (bicyclic) bond motifs is 1. The van der Waals surface area contributed by atoms with Crippen LogP contribution < -0.4 is 0 Å². The minimum Gasteiger partial charge on any atom is -0.390 e. The summed E-state index contributed by atoms with van der Waals surface area (Å²) in [6.07, 6.45) is 0. The van der Waals surface area contributed by atoms with Crippen molar-refractivity contribution in [2.24, 2.45) is 0 Å². The Balaban J connectivity index is 2.40. The monoisotopic (exact) mass is 265 g/mol. The minimum atomic E-state index is 0.0431. The van der Waals surface area contributed by atoms with Crippen LogP contribution in [0.4, 0.5) is 0 Å². The Bertz CT molecular complexity index is 760. The summed E-state index contributed by atoms with van der Waals surface area (Å²) in [6.45, 7) is 6.42. The molecule has 1 aromatic heterocycles. The maximum atomic E-state index is 9.70. The summed E-state index contributed by atoms with van der Waals surface area (Å²) in [5.74, 6) is 0. The van der Waals surface area contributed by atoms with Crippen LogP contribution in [0.5, 0.6) is 0 Å². The third kappa shape index (κ3) is 1.93. The van der Waals surface area contributed by atoms with Gasteiger partial charge in [-0.25, -0.2) is 0 Å². The van der Waals surface area contributed by atoms with Crippen molar-refractivity contribution in [2.75, 3.05) is 0 Å². The van der Waals surface area contributed by atoms with E-state index in [2.05, 4.69) is 55.7 Å². The van der Waals surface area contributed by atoms with E-state index in [0.29, 0.717) is 0 Å². The smallest absolute Gasteiger partial charge is 0.0836 e. The highest BCUT2D eigenvalue weighted by molar-refractivity contribution is 5.84. The number of hydrogen-bond donors (Lipinski definition) is 1. The van der Waals surface area contributed by atoms with Gasteiger partial charge in [0.15, 0.2) is 0 Å². The highest BCUT2D eigenvalue weighted by Crippen LogP contribution is 2.29. The first-order chi connectivity index (χ1) is 9.61. The van der Waals surface area contributed by atoms with Crippen LogP contribution in [-0.2, 0) is 6.61 Å². The van der Waals surface area contributed by atoms with Crippen molar-refractivity contribution in [2.45, 2.75) is 27.4 Å². The second-order valence-electron chi connectivity index (χ2n) is 5.44. The zero-order chi connectivity index (χ0) is 14.3. The Labute approximate surface area is 119 Å². The van der Waals surface area contributed by atoms with Gasteiger partial charge in [-0.05, 0) is 44.0 Å². The molecule has 2 nitrogen and oxygen atoms in total. The molecule has 20 heavy (non-hydrogen) atoms. The quantitative estimate of drug-likeness (QED) is 0.743. The van der Waals surface area contributed by atoms with Gasteiger partial charge in [0.05, 0.1) is 17.8 Å². The molecule has 0 saturated heterocycles. The molecule has 0 amide bonds. The first-order valence-electron chi connectivity index (χ1n) is 6.90. The zero-order valence-electron chi connectivity index (χ0n) is 12.1. The Morgan fingerprint density at radius 3 is 2.25 bits per heavy atom. The van der Waals surface area contributed by atoms with Crippen molar-refractivity contribution < 1.29 is 5.11 Å². The minimum absolute atomic E-state index is 0.0431. The van der Waals surface area contributed by atoms with E-state index in [9.17, 15) is 5.11 Å². The van der Waals surface area contributed by atoms with Crippen LogP contribution in [-0.4, -0.2) is 9.67 Å². The van der Waals surface area contributed by atoms with Crippen LogP contribution in [0.3, 0.4) is 0 Å². The van der Waals surface area contributed by atoms with Gasteiger partial charge in [-0.1, -0.05) is 35.9 Å².